The van der Waals surface area contributed by atoms with E-state index in [4.69, 9.17) is 17.0 Å². The molecule has 2 aromatic carbocycles. The first kappa shape index (κ1) is 21.9. The average Bonchev–Trinajstić information content (AvgIpc) is 3.29. The number of nitrogens with zero attached hydrogens (tertiary/aromatic N) is 1. The second-order valence-corrected chi connectivity index (χ2v) is 9.54. The van der Waals surface area contributed by atoms with E-state index >= 15 is 0 Å². The highest BCUT2D eigenvalue weighted by molar-refractivity contribution is 7.80. The number of anilines is 2. The average molecular weight is 438 g/mol. The Labute approximate surface area is 192 Å². The van der Waals surface area contributed by atoms with Gasteiger partial charge in [0.15, 0.2) is 5.11 Å². The van der Waals surface area contributed by atoms with Gasteiger partial charge >= 0.3 is 0 Å². The molecule has 5 heteroatoms. The van der Waals surface area contributed by atoms with E-state index < -0.39 is 0 Å². The molecule has 0 bridgehead atoms. The highest BCUT2D eigenvalue weighted by atomic mass is 32.1. The number of hydrogen-bond acceptors (Lipinski definition) is 3. The molecule has 1 aliphatic carbocycles. The molecule has 1 atom stereocenters. The van der Waals surface area contributed by atoms with Crippen molar-refractivity contribution in [3.8, 4) is 5.75 Å². The van der Waals surface area contributed by atoms with Gasteiger partial charge in [0.1, 0.15) is 5.75 Å². The minimum atomic E-state index is 0.139. The highest BCUT2D eigenvalue weighted by Gasteiger charge is 2.17. The summed E-state index contributed by atoms with van der Waals surface area (Å²) in [7, 11) is 0. The van der Waals surface area contributed by atoms with Gasteiger partial charge < -0.3 is 20.3 Å². The van der Waals surface area contributed by atoms with Crippen molar-refractivity contribution in [3.63, 3.8) is 0 Å². The predicted molar refractivity (Wildman–Crippen MR) is 134 cm³/mol. The van der Waals surface area contributed by atoms with Crippen LogP contribution >= 0.6 is 12.2 Å². The van der Waals surface area contributed by atoms with E-state index in [1.807, 2.05) is 24.3 Å². The van der Waals surface area contributed by atoms with Crippen LogP contribution in [0.4, 0.5) is 11.4 Å². The SMILES string of the molecule is CC1CCN(c2ccc([C@@H](C)NC(=S)Nc3ccc(OC4CCCC4)cc3)cc2)CC1. The van der Waals surface area contributed by atoms with Crippen molar-refractivity contribution in [1.82, 2.24) is 5.32 Å². The molecule has 0 radical (unpaired) electrons. The number of ether oxygens (including phenoxy) is 1. The maximum atomic E-state index is 6.04. The van der Waals surface area contributed by atoms with Crippen molar-refractivity contribution in [2.24, 2.45) is 5.92 Å². The van der Waals surface area contributed by atoms with Crippen LogP contribution in [0, 0.1) is 5.92 Å². The lowest BCUT2D eigenvalue weighted by Crippen LogP contribution is -2.33. The standard InChI is InChI=1S/C26H35N3OS/c1-19-15-17-29(18-16-19)23-11-7-21(8-12-23)20(2)27-26(31)28-22-9-13-25(14-10-22)30-24-5-3-4-6-24/h7-14,19-20,24H,3-6,15-18H2,1-2H3,(H2,27,28,31)/t20-/m1/s1. The van der Waals surface area contributed by atoms with E-state index in [9.17, 15) is 0 Å². The Balaban J connectivity index is 1.26. The molecule has 166 valence electrons. The van der Waals surface area contributed by atoms with Crippen LogP contribution in [0.25, 0.3) is 0 Å². The third-order valence-corrected chi connectivity index (χ3v) is 6.83. The minimum absolute atomic E-state index is 0.139. The van der Waals surface area contributed by atoms with Gasteiger partial charge in [-0.15, -0.1) is 0 Å². The third-order valence-electron chi connectivity index (χ3n) is 6.61. The summed E-state index contributed by atoms with van der Waals surface area (Å²) in [6.07, 6.45) is 7.85. The van der Waals surface area contributed by atoms with Crippen LogP contribution < -0.4 is 20.3 Å². The molecule has 0 aromatic heterocycles. The molecular formula is C26H35N3OS. The smallest absolute Gasteiger partial charge is 0.171 e. The van der Waals surface area contributed by atoms with Crippen LogP contribution in [0.2, 0.25) is 0 Å². The van der Waals surface area contributed by atoms with Gasteiger partial charge in [0.05, 0.1) is 12.1 Å². The van der Waals surface area contributed by atoms with Crippen molar-refractivity contribution in [2.45, 2.75) is 64.5 Å². The number of piperidine rings is 1. The molecule has 0 amide bonds. The van der Waals surface area contributed by atoms with Gasteiger partial charge in [-0.3, -0.25) is 0 Å². The van der Waals surface area contributed by atoms with Crippen molar-refractivity contribution >= 4 is 28.7 Å². The fraction of sp³-hybridized carbons (Fsp3) is 0.500. The Bertz CT molecular complexity index is 838. The first-order valence-corrected chi connectivity index (χ1v) is 12.2. The summed E-state index contributed by atoms with van der Waals surface area (Å²) >= 11 is 5.54. The van der Waals surface area contributed by atoms with E-state index in [-0.39, 0.29) is 6.04 Å². The summed E-state index contributed by atoms with van der Waals surface area (Å²) in [5.41, 5.74) is 3.53. The lowest BCUT2D eigenvalue weighted by molar-refractivity contribution is 0.210. The van der Waals surface area contributed by atoms with Gasteiger partial charge in [-0.2, -0.15) is 0 Å². The fourth-order valence-corrected chi connectivity index (χ4v) is 4.80. The molecule has 4 nitrogen and oxygen atoms in total. The second-order valence-electron chi connectivity index (χ2n) is 9.13. The normalized spacial score (nSPS) is 18.6. The summed E-state index contributed by atoms with van der Waals surface area (Å²) in [5.74, 6) is 1.79. The first-order valence-electron chi connectivity index (χ1n) is 11.8. The number of hydrogen-bond donors (Lipinski definition) is 2. The van der Waals surface area contributed by atoms with Crippen LogP contribution in [-0.2, 0) is 0 Å². The zero-order valence-corrected chi connectivity index (χ0v) is 19.6. The zero-order chi connectivity index (χ0) is 21.6. The topological polar surface area (TPSA) is 36.5 Å². The van der Waals surface area contributed by atoms with Crippen LogP contribution in [0.15, 0.2) is 48.5 Å². The molecule has 4 rings (SSSR count). The Morgan fingerprint density at radius 1 is 0.968 bits per heavy atom. The summed E-state index contributed by atoms with van der Waals surface area (Å²) in [4.78, 5) is 2.49. The van der Waals surface area contributed by atoms with E-state index in [1.54, 1.807) is 0 Å². The molecule has 1 aliphatic heterocycles. The van der Waals surface area contributed by atoms with Gasteiger partial charge in [0, 0.05) is 24.5 Å². The van der Waals surface area contributed by atoms with Gasteiger partial charge in [-0.05, 0) is 106 Å². The first-order chi connectivity index (χ1) is 15.1. The summed E-state index contributed by atoms with van der Waals surface area (Å²) in [5, 5.41) is 7.32. The van der Waals surface area contributed by atoms with Crippen molar-refractivity contribution in [2.75, 3.05) is 23.3 Å². The predicted octanol–water partition coefficient (Wildman–Crippen LogP) is 6.29. The second kappa shape index (κ2) is 10.4. The van der Waals surface area contributed by atoms with E-state index in [1.165, 1.54) is 49.8 Å². The van der Waals surface area contributed by atoms with Crippen molar-refractivity contribution < 1.29 is 4.74 Å². The summed E-state index contributed by atoms with van der Waals surface area (Å²) < 4.78 is 6.04. The molecular weight excluding hydrogens is 402 g/mol. The molecule has 2 fully saturated rings. The van der Waals surface area contributed by atoms with Gasteiger partial charge in [-0.1, -0.05) is 19.1 Å². The van der Waals surface area contributed by atoms with Gasteiger partial charge in [0.2, 0.25) is 0 Å². The molecule has 0 unspecified atom stereocenters. The molecule has 2 aromatic rings. The minimum Gasteiger partial charge on any atom is -0.490 e. The number of benzene rings is 2. The Hall–Kier alpha value is -2.27. The van der Waals surface area contributed by atoms with Crippen LogP contribution in [0.5, 0.6) is 5.75 Å². The highest BCUT2D eigenvalue weighted by Crippen LogP contribution is 2.26. The van der Waals surface area contributed by atoms with Crippen LogP contribution in [-0.4, -0.2) is 24.3 Å². The summed E-state index contributed by atoms with van der Waals surface area (Å²) in [6, 6.07) is 17.1. The molecule has 31 heavy (non-hydrogen) atoms. The lowest BCUT2D eigenvalue weighted by atomic mass is 9.98. The van der Waals surface area contributed by atoms with Gasteiger partial charge in [0.25, 0.3) is 0 Å². The van der Waals surface area contributed by atoms with Crippen LogP contribution in [0.1, 0.15) is 64.0 Å². The van der Waals surface area contributed by atoms with E-state index in [2.05, 4.69) is 53.6 Å². The Kier molecular flexibility index (Phi) is 7.33. The molecule has 2 N–H and O–H groups in total. The molecule has 1 saturated heterocycles. The van der Waals surface area contributed by atoms with Crippen molar-refractivity contribution in [1.29, 1.82) is 0 Å². The van der Waals surface area contributed by atoms with E-state index in [0.717, 1.165) is 30.4 Å². The zero-order valence-electron chi connectivity index (χ0n) is 18.8. The Morgan fingerprint density at radius 3 is 2.26 bits per heavy atom. The van der Waals surface area contributed by atoms with Crippen LogP contribution in [0.3, 0.4) is 0 Å². The van der Waals surface area contributed by atoms with E-state index in [0.29, 0.717) is 11.2 Å². The molecule has 1 saturated carbocycles. The largest absolute Gasteiger partial charge is 0.490 e. The third kappa shape index (κ3) is 6.13. The van der Waals surface area contributed by atoms with Gasteiger partial charge in [-0.25, -0.2) is 0 Å². The maximum absolute atomic E-state index is 6.04. The fourth-order valence-electron chi connectivity index (χ4n) is 4.50. The molecule has 1 heterocycles. The molecule has 2 aliphatic rings. The van der Waals surface area contributed by atoms with Crippen molar-refractivity contribution in [3.05, 3.63) is 54.1 Å². The molecule has 0 spiro atoms. The lowest BCUT2D eigenvalue weighted by Gasteiger charge is -2.32. The number of nitrogens with one attached hydrogen (secondary N) is 2. The summed E-state index contributed by atoms with van der Waals surface area (Å²) in [6.45, 7) is 6.81. The maximum Gasteiger partial charge on any atom is 0.171 e. The Morgan fingerprint density at radius 2 is 1.61 bits per heavy atom. The monoisotopic (exact) mass is 437 g/mol. The number of thiocarbonyl (C=S) groups is 1. The quantitative estimate of drug-likeness (QED) is 0.519. The number of rotatable bonds is 6.